The van der Waals surface area contributed by atoms with E-state index in [1.165, 1.54) is 0 Å². The van der Waals surface area contributed by atoms with Gasteiger partial charge in [-0.1, -0.05) is 41.1 Å². The van der Waals surface area contributed by atoms with Crippen LogP contribution in [0.15, 0.2) is 72.1 Å². The summed E-state index contributed by atoms with van der Waals surface area (Å²) < 4.78 is 1.70. The number of rotatable bonds is 2. The maximum Gasteiger partial charge on any atom is 0.202 e. The highest BCUT2D eigenvalue weighted by Crippen LogP contribution is 2.25. The average molecular weight is 249 g/mol. The van der Waals surface area contributed by atoms with Crippen molar-refractivity contribution in [1.29, 1.82) is 0 Å². The zero-order valence-corrected chi connectivity index (χ0v) is 10.3. The van der Waals surface area contributed by atoms with Crippen molar-refractivity contribution >= 4 is 17.0 Å². The molecule has 0 spiro atoms. The van der Waals surface area contributed by atoms with Gasteiger partial charge in [0.25, 0.3) is 0 Å². The molecule has 0 aliphatic heterocycles. The number of nitrogens with zero attached hydrogens (tertiary/aromatic N) is 2. The van der Waals surface area contributed by atoms with Crippen molar-refractivity contribution in [3.8, 4) is 5.75 Å². The van der Waals surface area contributed by atoms with Crippen LogP contribution in [0.3, 0.4) is 0 Å². The van der Waals surface area contributed by atoms with E-state index < -0.39 is 0 Å². The molecule has 0 radical (unpaired) electrons. The summed E-state index contributed by atoms with van der Waals surface area (Å²) in [7, 11) is 0. The molecule has 3 heteroatoms. The van der Waals surface area contributed by atoms with Gasteiger partial charge in [0.2, 0.25) is 12.4 Å². The maximum absolute atomic E-state index is 9.99. The number of aromatic hydroxyl groups is 1. The lowest BCUT2D eigenvalue weighted by molar-refractivity contribution is -0.678. The molecule has 3 nitrogen and oxygen atoms in total. The summed E-state index contributed by atoms with van der Waals surface area (Å²) in [6, 6.07) is 17.3. The van der Waals surface area contributed by atoms with E-state index in [1.807, 2.05) is 60.9 Å². The number of pyridine rings is 1. The number of aromatic nitrogens is 1. The quantitative estimate of drug-likeness (QED) is 0.550. The molecule has 0 amide bonds. The Bertz CT molecular complexity index is 736. The van der Waals surface area contributed by atoms with Gasteiger partial charge in [-0.05, 0) is 21.9 Å². The van der Waals surface area contributed by atoms with Crippen molar-refractivity contribution in [2.45, 2.75) is 0 Å². The second kappa shape index (κ2) is 4.90. The van der Waals surface area contributed by atoms with Gasteiger partial charge in [-0.2, -0.15) is 0 Å². The van der Waals surface area contributed by atoms with Gasteiger partial charge in [0.05, 0.1) is 0 Å². The lowest BCUT2D eigenvalue weighted by atomic mass is 10.0. The Hall–Kier alpha value is -2.68. The van der Waals surface area contributed by atoms with Crippen LogP contribution in [0.1, 0.15) is 5.56 Å². The SMILES string of the molecule is Oc1ccc2ccccc2c1/C=N/[n+]1ccccc1. The first-order valence-corrected chi connectivity index (χ1v) is 6.06. The highest BCUT2D eigenvalue weighted by molar-refractivity contribution is 6.02. The van der Waals surface area contributed by atoms with Crippen LogP contribution in [0.4, 0.5) is 0 Å². The van der Waals surface area contributed by atoms with Crippen molar-refractivity contribution in [3.05, 3.63) is 72.6 Å². The Kier molecular flexibility index (Phi) is 2.94. The third-order valence-electron chi connectivity index (χ3n) is 2.97. The average Bonchev–Trinajstić information content (AvgIpc) is 2.47. The molecule has 0 bridgehead atoms. The zero-order chi connectivity index (χ0) is 13.1. The first kappa shape index (κ1) is 11.4. The predicted molar refractivity (Wildman–Crippen MR) is 75.2 cm³/mol. The molecule has 2 aromatic carbocycles. The third-order valence-corrected chi connectivity index (χ3v) is 2.97. The van der Waals surface area contributed by atoms with E-state index in [9.17, 15) is 5.11 Å². The smallest absolute Gasteiger partial charge is 0.202 e. The molecule has 3 aromatic rings. The summed E-state index contributed by atoms with van der Waals surface area (Å²) in [4.78, 5) is 0. The van der Waals surface area contributed by atoms with Crippen LogP contribution in [0.5, 0.6) is 5.75 Å². The van der Waals surface area contributed by atoms with E-state index in [-0.39, 0.29) is 5.75 Å². The molecular weight excluding hydrogens is 236 g/mol. The van der Waals surface area contributed by atoms with E-state index in [0.717, 1.165) is 16.3 Å². The summed E-state index contributed by atoms with van der Waals surface area (Å²) in [5, 5.41) is 16.4. The molecule has 0 saturated heterocycles. The first-order chi connectivity index (χ1) is 9.34. The molecule has 1 aromatic heterocycles. The molecule has 0 atom stereocenters. The van der Waals surface area contributed by atoms with Crippen molar-refractivity contribution in [3.63, 3.8) is 0 Å². The van der Waals surface area contributed by atoms with Crippen LogP contribution < -0.4 is 4.68 Å². The fourth-order valence-electron chi connectivity index (χ4n) is 2.01. The summed E-state index contributed by atoms with van der Waals surface area (Å²) in [6.07, 6.45) is 5.37. The van der Waals surface area contributed by atoms with E-state index in [2.05, 4.69) is 5.10 Å². The van der Waals surface area contributed by atoms with Gasteiger partial charge in [-0.15, -0.1) is 0 Å². The van der Waals surface area contributed by atoms with E-state index >= 15 is 0 Å². The highest BCUT2D eigenvalue weighted by Gasteiger charge is 2.05. The Morgan fingerprint density at radius 3 is 2.53 bits per heavy atom. The Morgan fingerprint density at radius 1 is 0.895 bits per heavy atom. The standard InChI is InChI=1S/C16H12N2O/c19-16-9-8-13-6-2-3-7-14(13)15(16)12-17-18-10-4-1-5-11-18/h1-12H/p+1. The molecule has 92 valence electrons. The molecule has 0 saturated carbocycles. The molecule has 0 aliphatic rings. The van der Waals surface area contributed by atoms with E-state index in [4.69, 9.17) is 0 Å². The maximum atomic E-state index is 9.99. The van der Waals surface area contributed by atoms with Crippen molar-refractivity contribution in [1.82, 2.24) is 0 Å². The van der Waals surface area contributed by atoms with Crippen LogP contribution >= 0.6 is 0 Å². The molecule has 1 heterocycles. The van der Waals surface area contributed by atoms with Crippen LogP contribution in [0.25, 0.3) is 10.8 Å². The highest BCUT2D eigenvalue weighted by atomic mass is 16.3. The zero-order valence-electron chi connectivity index (χ0n) is 10.3. The van der Waals surface area contributed by atoms with E-state index in [0.29, 0.717) is 0 Å². The molecule has 0 unspecified atom stereocenters. The minimum atomic E-state index is 0.235. The van der Waals surface area contributed by atoms with Crippen LogP contribution in [0.2, 0.25) is 0 Å². The second-order valence-corrected chi connectivity index (χ2v) is 4.22. The molecule has 1 N–H and O–H groups in total. The summed E-state index contributed by atoms with van der Waals surface area (Å²) in [6.45, 7) is 0. The monoisotopic (exact) mass is 249 g/mol. The van der Waals surface area contributed by atoms with Crippen molar-refractivity contribution in [2.75, 3.05) is 0 Å². The van der Waals surface area contributed by atoms with Crippen LogP contribution in [-0.4, -0.2) is 11.3 Å². The topological polar surface area (TPSA) is 36.5 Å². The molecular formula is C16H13N2O+. The van der Waals surface area contributed by atoms with Crippen molar-refractivity contribution in [2.24, 2.45) is 5.10 Å². The fraction of sp³-hybridized carbons (Fsp3) is 0. The number of hydrogen-bond donors (Lipinski definition) is 1. The predicted octanol–water partition coefficient (Wildman–Crippen LogP) is 2.72. The number of fused-ring (bicyclic) bond motifs is 1. The van der Waals surface area contributed by atoms with E-state index in [1.54, 1.807) is 17.0 Å². The van der Waals surface area contributed by atoms with Gasteiger partial charge < -0.3 is 5.11 Å². The molecule has 19 heavy (non-hydrogen) atoms. The first-order valence-electron chi connectivity index (χ1n) is 6.06. The molecule has 3 rings (SSSR count). The number of benzene rings is 2. The van der Waals surface area contributed by atoms with Gasteiger partial charge in [-0.25, -0.2) is 0 Å². The van der Waals surface area contributed by atoms with Gasteiger partial charge >= 0.3 is 0 Å². The summed E-state index contributed by atoms with van der Waals surface area (Å²) >= 11 is 0. The summed E-state index contributed by atoms with van der Waals surface area (Å²) in [5.41, 5.74) is 0.731. The number of hydrogen-bond acceptors (Lipinski definition) is 2. The minimum absolute atomic E-state index is 0.235. The summed E-state index contributed by atoms with van der Waals surface area (Å²) in [5.74, 6) is 0.235. The van der Waals surface area contributed by atoms with Crippen molar-refractivity contribution < 1.29 is 9.78 Å². The molecule has 0 fully saturated rings. The Morgan fingerprint density at radius 2 is 1.68 bits per heavy atom. The number of phenols is 1. The fourth-order valence-corrected chi connectivity index (χ4v) is 2.01. The van der Waals surface area contributed by atoms with Crippen LogP contribution in [0, 0.1) is 0 Å². The third kappa shape index (κ3) is 2.31. The van der Waals surface area contributed by atoms with Gasteiger partial charge in [0.15, 0.2) is 0 Å². The Balaban J connectivity index is 2.10. The molecule has 0 aliphatic carbocycles. The van der Waals surface area contributed by atoms with Crippen LogP contribution in [-0.2, 0) is 0 Å². The largest absolute Gasteiger partial charge is 0.507 e. The lowest BCUT2D eigenvalue weighted by Gasteiger charge is -2.03. The van der Waals surface area contributed by atoms with Gasteiger partial charge in [-0.3, -0.25) is 0 Å². The normalized spacial score (nSPS) is 11.2. The lowest BCUT2D eigenvalue weighted by Crippen LogP contribution is -2.25. The minimum Gasteiger partial charge on any atom is -0.507 e. The van der Waals surface area contributed by atoms with Gasteiger partial charge in [0.1, 0.15) is 12.0 Å². The second-order valence-electron chi connectivity index (χ2n) is 4.22. The Labute approximate surface area is 111 Å². The van der Waals surface area contributed by atoms with Gasteiger partial charge in [0, 0.05) is 17.7 Å². The number of phenolic OH excluding ortho intramolecular Hbond substituents is 1.